The van der Waals surface area contributed by atoms with Gasteiger partial charge >= 0.3 is 0 Å². The molecule has 1 nitrogen and oxygen atoms in total. The highest BCUT2D eigenvalue weighted by Gasteiger charge is 2.09. The molecule has 0 radical (unpaired) electrons. The molecule has 0 amide bonds. The summed E-state index contributed by atoms with van der Waals surface area (Å²) in [5.41, 5.74) is 7.10. The van der Waals surface area contributed by atoms with Crippen molar-refractivity contribution >= 4 is 0 Å². The van der Waals surface area contributed by atoms with Crippen LogP contribution in [0.25, 0.3) is 0 Å². The SMILES string of the molecule is CCCCCC(CCCN)c1ccccc1. The average Bonchev–Trinajstić information content (AvgIpc) is 2.35. The van der Waals surface area contributed by atoms with Gasteiger partial charge in [0.2, 0.25) is 0 Å². The Morgan fingerprint density at radius 1 is 1.00 bits per heavy atom. The van der Waals surface area contributed by atoms with Gasteiger partial charge in [0.25, 0.3) is 0 Å². The first-order valence-electron chi connectivity index (χ1n) is 6.63. The van der Waals surface area contributed by atoms with E-state index in [1.165, 1.54) is 37.7 Å². The Bertz CT molecular complexity index is 255. The summed E-state index contributed by atoms with van der Waals surface area (Å²) >= 11 is 0. The van der Waals surface area contributed by atoms with Gasteiger partial charge < -0.3 is 5.73 Å². The molecule has 2 N–H and O–H groups in total. The topological polar surface area (TPSA) is 26.0 Å². The monoisotopic (exact) mass is 219 g/mol. The fourth-order valence-corrected chi connectivity index (χ4v) is 2.21. The summed E-state index contributed by atoms with van der Waals surface area (Å²) in [4.78, 5) is 0. The number of benzene rings is 1. The molecule has 0 aliphatic rings. The zero-order valence-corrected chi connectivity index (χ0v) is 10.5. The van der Waals surface area contributed by atoms with Gasteiger partial charge in [-0.2, -0.15) is 0 Å². The van der Waals surface area contributed by atoms with E-state index in [4.69, 9.17) is 5.73 Å². The maximum atomic E-state index is 5.61. The smallest absolute Gasteiger partial charge is 0.00771 e. The van der Waals surface area contributed by atoms with Gasteiger partial charge in [-0.05, 0) is 37.3 Å². The van der Waals surface area contributed by atoms with E-state index in [2.05, 4.69) is 37.3 Å². The predicted molar refractivity (Wildman–Crippen MR) is 71.6 cm³/mol. The van der Waals surface area contributed by atoms with Crippen LogP contribution in [-0.2, 0) is 0 Å². The van der Waals surface area contributed by atoms with Crippen molar-refractivity contribution in [2.24, 2.45) is 5.73 Å². The van der Waals surface area contributed by atoms with Crippen LogP contribution in [0, 0.1) is 0 Å². The second-order valence-corrected chi connectivity index (χ2v) is 4.53. The van der Waals surface area contributed by atoms with Crippen LogP contribution in [0.4, 0.5) is 0 Å². The lowest BCUT2D eigenvalue weighted by Crippen LogP contribution is -2.04. The molecular weight excluding hydrogens is 194 g/mol. The largest absolute Gasteiger partial charge is 0.330 e. The van der Waals surface area contributed by atoms with Crippen molar-refractivity contribution < 1.29 is 0 Å². The van der Waals surface area contributed by atoms with Crippen molar-refractivity contribution in [1.29, 1.82) is 0 Å². The minimum atomic E-state index is 0.719. The maximum absolute atomic E-state index is 5.61. The highest BCUT2D eigenvalue weighted by Crippen LogP contribution is 2.26. The molecule has 0 aliphatic heterocycles. The van der Waals surface area contributed by atoms with Crippen LogP contribution in [-0.4, -0.2) is 6.54 Å². The summed E-state index contributed by atoms with van der Waals surface area (Å²) in [5.74, 6) is 0.719. The molecule has 1 aromatic rings. The highest BCUT2D eigenvalue weighted by atomic mass is 14.5. The van der Waals surface area contributed by atoms with Crippen LogP contribution in [0.5, 0.6) is 0 Å². The molecule has 0 bridgehead atoms. The van der Waals surface area contributed by atoms with Crippen molar-refractivity contribution in [2.75, 3.05) is 6.54 Å². The number of hydrogen-bond donors (Lipinski definition) is 1. The summed E-state index contributed by atoms with van der Waals surface area (Å²) in [5, 5.41) is 0. The van der Waals surface area contributed by atoms with E-state index in [0.29, 0.717) is 0 Å². The van der Waals surface area contributed by atoms with Gasteiger partial charge in [0, 0.05) is 0 Å². The third-order valence-corrected chi connectivity index (χ3v) is 3.18. The first kappa shape index (κ1) is 13.2. The number of unbranched alkanes of at least 4 members (excludes halogenated alkanes) is 2. The van der Waals surface area contributed by atoms with Crippen LogP contribution >= 0.6 is 0 Å². The lowest BCUT2D eigenvalue weighted by Gasteiger charge is -2.16. The van der Waals surface area contributed by atoms with Crippen molar-refractivity contribution in [2.45, 2.75) is 51.4 Å². The third-order valence-electron chi connectivity index (χ3n) is 3.18. The van der Waals surface area contributed by atoms with Crippen molar-refractivity contribution in [3.05, 3.63) is 35.9 Å². The molecule has 1 aromatic carbocycles. The Hall–Kier alpha value is -0.820. The van der Waals surface area contributed by atoms with Gasteiger partial charge in [0.15, 0.2) is 0 Å². The van der Waals surface area contributed by atoms with E-state index in [9.17, 15) is 0 Å². The van der Waals surface area contributed by atoms with Gasteiger partial charge in [-0.15, -0.1) is 0 Å². The lowest BCUT2D eigenvalue weighted by atomic mass is 9.89. The summed E-state index contributed by atoms with van der Waals surface area (Å²) in [6.45, 7) is 3.08. The van der Waals surface area contributed by atoms with Crippen molar-refractivity contribution in [1.82, 2.24) is 0 Å². The van der Waals surface area contributed by atoms with E-state index in [1.807, 2.05) is 0 Å². The molecule has 1 unspecified atom stereocenters. The lowest BCUT2D eigenvalue weighted by molar-refractivity contribution is 0.521. The van der Waals surface area contributed by atoms with Crippen LogP contribution in [0.1, 0.15) is 56.9 Å². The quantitative estimate of drug-likeness (QED) is 0.655. The molecule has 1 heteroatoms. The van der Waals surface area contributed by atoms with Gasteiger partial charge in [-0.25, -0.2) is 0 Å². The number of nitrogens with two attached hydrogens (primary N) is 1. The summed E-state index contributed by atoms with van der Waals surface area (Å²) in [6, 6.07) is 10.9. The summed E-state index contributed by atoms with van der Waals surface area (Å²) in [6.07, 6.45) is 7.71. The molecule has 90 valence electrons. The Kier molecular flexibility index (Phi) is 6.91. The Morgan fingerprint density at radius 2 is 1.69 bits per heavy atom. The predicted octanol–water partition coefficient (Wildman–Crippen LogP) is 4.09. The second kappa shape index (κ2) is 8.35. The zero-order valence-electron chi connectivity index (χ0n) is 10.5. The van der Waals surface area contributed by atoms with E-state index >= 15 is 0 Å². The van der Waals surface area contributed by atoms with Crippen molar-refractivity contribution in [3.63, 3.8) is 0 Å². The Labute approximate surface area is 100 Å². The fourth-order valence-electron chi connectivity index (χ4n) is 2.21. The molecule has 0 aliphatic carbocycles. The number of rotatable bonds is 8. The molecule has 1 atom stereocenters. The Morgan fingerprint density at radius 3 is 2.31 bits per heavy atom. The van der Waals surface area contributed by atoms with Crippen LogP contribution in [0.2, 0.25) is 0 Å². The molecule has 16 heavy (non-hydrogen) atoms. The molecule has 0 fully saturated rings. The van der Waals surface area contributed by atoms with Crippen LogP contribution in [0.3, 0.4) is 0 Å². The van der Waals surface area contributed by atoms with Gasteiger partial charge in [0.1, 0.15) is 0 Å². The molecule has 0 spiro atoms. The molecule has 1 rings (SSSR count). The van der Waals surface area contributed by atoms with E-state index in [1.54, 1.807) is 0 Å². The van der Waals surface area contributed by atoms with Gasteiger partial charge in [0.05, 0.1) is 0 Å². The average molecular weight is 219 g/mol. The maximum Gasteiger partial charge on any atom is -0.00771 e. The minimum absolute atomic E-state index is 0.719. The van der Waals surface area contributed by atoms with E-state index < -0.39 is 0 Å². The van der Waals surface area contributed by atoms with Crippen LogP contribution < -0.4 is 5.73 Å². The summed E-state index contributed by atoms with van der Waals surface area (Å²) < 4.78 is 0. The van der Waals surface area contributed by atoms with Crippen LogP contribution in [0.15, 0.2) is 30.3 Å². The Balaban J connectivity index is 2.49. The fraction of sp³-hybridized carbons (Fsp3) is 0.600. The zero-order chi connectivity index (χ0) is 11.6. The normalized spacial score (nSPS) is 12.6. The third kappa shape index (κ3) is 4.80. The summed E-state index contributed by atoms with van der Waals surface area (Å²) in [7, 11) is 0. The molecule has 0 saturated heterocycles. The van der Waals surface area contributed by atoms with Crippen molar-refractivity contribution in [3.8, 4) is 0 Å². The van der Waals surface area contributed by atoms with E-state index in [0.717, 1.165) is 18.9 Å². The minimum Gasteiger partial charge on any atom is -0.330 e. The van der Waals surface area contributed by atoms with Gasteiger partial charge in [-0.3, -0.25) is 0 Å². The highest BCUT2D eigenvalue weighted by molar-refractivity contribution is 5.19. The van der Waals surface area contributed by atoms with E-state index in [-0.39, 0.29) is 0 Å². The van der Waals surface area contributed by atoms with Gasteiger partial charge in [-0.1, -0.05) is 56.5 Å². The molecule has 0 saturated carbocycles. The molecule has 0 heterocycles. The number of hydrogen-bond acceptors (Lipinski definition) is 1. The molecular formula is C15H25N. The molecule has 0 aromatic heterocycles. The first-order chi connectivity index (χ1) is 7.88. The second-order valence-electron chi connectivity index (χ2n) is 4.53. The standard InChI is InChI=1S/C15H25N/c1-2-3-5-9-15(12-8-13-16)14-10-6-4-7-11-14/h4,6-7,10-11,15H,2-3,5,8-9,12-13,16H2,1H3. The first-order valence-corrected chi connectivity index (χ1v) is 6.63.